The fraction of sp³-hybridized carbons (Fsp3) is 0.357. The van der Waals surface area contributed by atoms with E-state index in [0.717, 1.165) is 16.5 Å². The van der Waals surface area contributed by atoms with Gasteiger partial charge in [0.05, 0.1) is 29.0 Å². The lowest BCUT2D eigenvalue weighted by Crippen LogP contribution is -2.48. The maximum absolute atomic E-state index is 13.5. The lowest BCUT2D eigenvalue weighted by Gasteiger charge is -2.35. The molecule has 1 atom stereocenters. The number of aromatic nitrogens is 2. The van der Waals surface area contributed by atoms with Crippen molar-refractivity contribution >= 4 is 34.5 Å². The summed E-state index contributed by atoms with van der Waals surface area (Å²) < 4.78 is 12.6. The Labute approximate surface area is 218 Å². The molecule has 4 heterocycles. The summed E-state index contributed by atoms with van der Waals surface area (Å²) in [6.07, 6.45) is 0.379. The summed E-state index contributed by atoms with van der Waals surface area (Å²) in [6, 6.07) is 11.3. The molecule has 5 rings (SSSR count). The monoisotopic (exact) mass is 517 g/mol. The molecule has 0 saturated heterocycles. The maximum Gasteiger partial charge on any atom is 0.355 e. The molecule has 1 amide bonds. The number of nitrogens with one attached hydrogen (secondary N) is 1. The van der Waals surface area contributed by atoms with E-state index in [1.807, 2.05) is 30.3 Å². The van der Waals surface area contributed by atoms with E-state index in [1.54, 1.807) is 24.5 Å². The van der Waals surface area contributed by atoms with Crippen LogP contribution in [0.2, 0.25) is 0 Å². The molecule has 3 aromatic rings. The molecule has 1 aromatic carbocycles. The highest BCUT2D eigenvalue weighted by molar-refractivity contribution is 5.90. The maximum atomic E-state index is 13.5. The minimum absolute atomic E-state index is 0.0183. The zero-order valence-electron chi connectivity index (χ0n) is 21.2. The molecule has 0 aliphatic carbocycles. The van der Waals surface area contributed by atoms with Gasteiger partial charge in [0.25, 0.3) is 5.56 Å². The average Bonchev–Trinajstić information content (AvgIpc) is 3.28. The number of carbonyl (C=O) groups excluding carboxylic acids is 4. The zero-order valence-corrected chi connectivity index (χ0v) is 21.2. The number of hydrogen-bond acceptors (Lipinski definition) is 8. The molecule has 0 spiro atoms. The number of nitrogens with zero attached hydrogens (tertiary/aromatic N) is 2. The fourth-order valence-corrected chi connectivity index (χ4v) is 5.00. The van der Waals surface area contributed by atoms with Crippen LogP contribution in [0.3, 0.4) is 0 Å². The van der Waals surface area contributed by atoms with Gasteiger partial charge in [0.15, 0.2) is 0 Å². The van der Waals surface area contributed by atoms with Crippen LogP contribution in [0.15, 0.2) is 41.2 Å². The van der Waals surface area contributed by atoms with Crippen LogP contribution >= 0.6 is 0 Å². The van der Waals surface area contributed by atoms with Crippen LogP contribution in [0.5, 0.6) is 0 Å². The number of cyclic esters (lactones) is 1. The van der Waals surface area contributed by atoms with E-state index >= 15 is 0 Å². The molecule has 10 heteroatoms. The predicted octanol–water partition coefficient (Wildman–Crippen LogP) is 2.51. The van der Waals surface area contributed by atoms with Gasteiger partial charge in [-0.3, -0.25) is 19.2 Å². The molecule has 38 heavy (non-hydrogen) atoms. The highest BCUT2D eigenvalue weighted by Gasteiger charge is 2.50. The number of ketones is 1. The lowest BCUT2D eigenvalue weighted by molar-refractivity contribution is -0.189. The van der Waals surface area contributed by atoms with Gasteiger partial charge in [0.2, 0.25) is 11.5 Å². The Morgan fingerprint density at radius 1 is 1.13 bits per heavy atom. The summed E-state index contributed by atoms with van der Waals surface area (Å²) in [7, 11) is 0. The number of pyridine rings is 2. The smallest absolute Gasteiger partial charge is 0.355 e. The van der Waals surface area contributed by atoms with Gasteiger partial charge in [0.1, 0.15) is 18.9 Å². The van der Waals surface area contributed by atoms with Gasteiger partial charge >= 0.3 is 11.9 Å². The second-order valence-electron chi connectivity index (χ2n) is 9.40. The molecule has 2 aromatic heterocycles. The summed E-state index contributed by atoms with van der Waals surface area (Å²) in [5, 5.41) is 3.37. The van der Waals surface area contributed by atoms with Crippen molar-refractivity contribution < 1.29 is 28.7 Å². The molecule has 0 saturated carbocycles. The summed E-state index contributed by atoms with van der Waals surface area (Å²) in [5.74, 6) is -2.18. The van der Waals surface area contributed by atoms with E-state index in [-0.39, 0.29) is 48.3 Å². The first-order chi connectivity index (χ1) is 18.3. The lowest BCUT2D eigenvalue weighted by atomic mass is 9.85. The summed E-state index contributed by atoms with van der Waals surface area (Å²) in [5.41, 5.74) is 1.13. The Balaban J connectivity index is 1.47. The van der Waals surface area contributed by atoms with Gasteiger partial charge in [-0.05, 0) is 24.6 Å². The highest BCUT2D eigenvalue weighted by Crippen LogP contribution is 2.40. The van der Waals surface area contributed by atoms with Gasteiger partial charge in [0, 0.05) is 35.8 Å². The van der Waals surface area contributed by atoms with Crippen LogP contribution in [-0.2, 0) is 47.4 Å². The Kier molecular flexibility index (Phi) is 6.56. The molecule has 196 valence electrons. The second kappa shape index (κ2) is 9.85. The first-order valence-electron chi connectivity index (χ1n) is 12.6. The van der Waals surface area contributed by atoms with Crippen LogP contribution in [0.4, 0.5) is 0 Å². The van der Waals surface area contributed by atoms with Crippen molar-refractivity contribution in [3.8, 4) is 11.4 Å². The largest absolute Gasteiger partial charge is 0.457 e. The van der Waals surface area contributed by atoms with Crippen molar-refractivity contribution in [2.24, 2.45) is 0 Å². The molecule has 0 radical (unpaired) electrons. The number of Topliss-reactive ketones (excluding diaryl/α,β-unsaturated/α-hetero) is 1. The first-order valence-corrected chi connectivity index (χ1v) is 12.6. The van der Waals surface area contributed by atoms with E-state index in [9.17, 15) is 24.0 Å². The van der Waals surface area contributed by atoms with Crippen LogP contribution < -0.4 is 10.9 Å². The molecule has 10 nitrogen and oxygen atoms in total. The molecule has 1 N–H and O–H groups in total. The van der Waals surface area contributed by atoms with Crippen LogP contribution in [-0.4, -0.2) is 39.7 Å². The van der Waals surface area contributed by atoms with E-state index in [0.29, 0.717) is 24.4 Å². The van der Waals surface area contributed by atoms with Gasteiger partial charge in [-0.25, -0.2) is 9.78 Å². The molecule has 2 aliphatic rings. The third-order valence-electron chi connectivity index (χ3n) is 7.13. The molecule has 0 fully saturated rings. The van der Waals surface area contributed by atoms with E-state index in [2.05, 4.69) is 5.32 Å². The van der Waals surface area contributed by atoms with Gasteiger partial charge in [-0.2, -0.15) is 0 Å². The molecular weight excluding hydrogens is 490 g/mol. The molecular formula is C28H27N3O7. The molecule has 2 aliphatic heterocycles. The molecule has 0 bridgehead atoms. The summed E-state index contributed by atoms with van der Waals surface area (Å²) in [4.78, 5) is 67.7. The van der Waals surface area contributed by atoms with Gasteiger partial charge in [-0.15, -0.1) is 0 Å². The number of fused-ring (bicyclic) bond motifs is 5. The third-order valence-corrected chi connectivity index (χ3v) is 7.13. The van der Waals surface area contributed by atoms with Crippen molar-refractivity contribution in [1.82, 2.24) is 14.9 Å². The Morgan fingerprint density at radius 3 is 2.68 bits per heavy atom. The summed E-state index contributed by atoms with van der Waals surface area (Å²) >= 11 is 0. The standard InChI is InChI=1S/C28H27N3O7/c1-3-18(32)9-10-23(33)29-13-24(34)38-28(4-2)20-12-22-25-17(11-16-7-5-6-8-21(16)30-25)14-31(22)26(35)19(20)15-37-27(28)36/h5-8,11-12H,3-4,9-10,13-15H2,1-2H3,(H,29,33)/t28-/m0/s1. The van der Waals surface area contributed by atoms with E-state index in [1.165, 1.54) is 0 Å². The van der Waals surface area contributed by atoms with E-state index in [4.69, 9.17) is 14.5 Å². The predicted molar refractivity (Wildman–Crippen MR) is 136 cm³/mol. The number of rotatable bonds is 8. The third kappa shape index (κ3) is 4.25. The summed E-state index contributed by atoms with van der Waals surface area (Å²) in [6.45, 7) is 2.96. The number of amides is 1. The van der Waals surface area contributed by atoms with Gasteiger partial charge in [-0.1, -0.05) is 32.0 Å². The number of hydrogen-bond donors (Lipinski definition) is 1. The van der Waals surface area contributed by atoms with Crippen molar-refractivity contribution in [1.29, 1.82) is 0 Å². The highest BCUT2D eigenvalue weighted by atomic mass is 16.6. The number of ether oxygens (including phenoxy) is 2. The Hall–Kier alpha value is -4.34. The number of para-hydroxylation sites is 1. The SMILES string of the molecule is CCC(=O)CCC(=O)NCC(=O)O[C@]1(CC)C(=O)OCc2c1cc1n(c2=O)Cc2cc3ccccc3nc2-1. The Morgan fingerprint density at radius 2 is 1.92 bits per heavy atom. The van der Waals surface area contributed by atoms with Crippen molar-refractivity contribution in [3.63, 3.8) is 0 Å². The fourth-order valence-electron chi connectivity index (χ4n) is 5.00. The van der Waals surface area contributed by atoms with E-state index < -0.39 is 30.0 Å². The second-order valence-corrected chi connectivity index (χ2v) is 9.40. The van der Waals surface area contributed by atoms with Crippen molar-refractivity contribution in [3.05, 3.63) is 63.4 Å². The zero-order chi connectivity index (χ0) is 27.0. The number of benzene rings is 1. The normalized spacial score (nSPS) is 17.3. The Bertz CT molecular complexity index is 1560. The van der Waals surface area contributed by atoms with Crippen LogP contribution in [0.25, 0.3) is 22.3 Å². The number of carbonyl (C=O) groups is 4. The van der Waals surface area contributed by atoms with Crippen LogP contribution in [0.1, 0.15) is 56.2 Å². The minimum atomic E-state index is -1.85. The first kappa shape index (κ1) is 25.3. The average molecular weight is 518 g/mol. The topological polar surface area (TPSA) is 134 Å². The molecule has 0 unspecified atom stereocenters. The quantitative estimate of drug-likeness (QED) is 0.353. The van der Waals surface area contributed by atoms with Crippen molar-refractivity contribution in [2.45, 2.75) is 58.3 Å². The van der Waals surface area contributed by atoms with Gasteiger partial charge < -0.3 is 19.4 Å². The van der Waals surface area contributed by atoms with Crippen molar-refractivity contribution in [2.75, 3.05) is 6.54 Å². The van der Waals surface area contributed by atoms with Crippen LogP contribution in [0, 0.1) is 0 Å². The minimum Gasteiger partial charge on any atom is -0.457 e. The number of esters is 2.